The molecule has 0 aliphatic carbocycles. The van der Waals surface area contributed by atoms with Gasteiger partial charge in [-0.1, -0.05) is 6.07 Å². The van der Waals surface area contributed by atoms with Crippen molar-refractivity contribution in [2.45, 2.75) is 13.5 Å². The van der Waals surface area contributed by atoms with Crippen molar-refractivity contribution in [3.8, 4) is 5.75 Å². The SMILES string of the molecule is Cc1ccc(C(=O)OCC(=O)Nc2ccc(OC(F)F)cc2)cc1F. The number of ether oxygens (including phenoxy) is 2. The molecule has 0 unspecified atom stereocenters. The summed E-state index contributed by atoms with van der Waals surface area (Å²) in [5, 5.41) is 2.42. The molecule has 1 N–H and O–H groups in total. The maximum atomic E-state index is 13.4. The molecule has 2 aromatic carbocycles. The Labute approximate surface area is 141 Å². The molecule has 8 heteroatoms. The van der Waals surface area contributed by atoms with Crippen LogP contribution in [0.15, 0.2) is 42.5 Å². The van der Waals surface area contributed by atoms with Crippen LogP contribution >= 0.6 is 0 Å². The Morgan fingerprint density at radius 2 is 1.80 bits per heavy atom. The summed E-state index contributed by atoms with van der Waals surface area (Å²) in [6.45, 7) is -1.97. The minimum Gasteiger partial charge on any atom is -0.452 e. The van der Waals surface area contributed by atoms with Gasteiger partial charge in [-0.25, -0.2) is 9.18 Å². The van der Waals surface area contributed by atoms with E-state index in [1.165, 1.54) is 36.4 Å². The van der Waals surface area contributed by atoms with Crippen molar-refractivity contribution in [1.29, 1.82) is 0 Å². The van der Waals surface area contributed by atoms with Gasteiger partial charge in [0.2, 0.25) is 0 Å². The Balaban J connectivity index is 1.85. The van der Waals surface area contributed by atoms with Crippen LogP contribution in [0.2, 0.25) is 0 Å². The molecule has 1 amide bonds. The van der Waals surface area contributed by atoms with E-state index in [1.807, 2.05) is 0 Å². The van der Waals surface area contributed by atoms with Gasteiger partial charge in [0.25, 0.3) is 5.91 Å². The number of carbonyl (C=O) groups is 2. The van der Waals surface area contributed by atoms with Crippen molar-refractivity contribution < 1.29 is 32.2 Å². The minimum atomic E-state index is -2.94. The van der Waals surface area contributed by atoms with Gasteiger partial charge in [0.05, 0.1) is 5.56 Å². The molecule has 0 spiro atoms. The van der Waals surface area contributed by atoms with E-state index >= 15 is 0 Å². The average Bonchev–Trinajstić information content (AvgIpc) is 2.56. The molecule has 0 aliphatic heterocycles. The minimum absolute atomic E-state index is 0.00981. The maximum Gasteiger partial charge on any atom is 0.387 e. The van der Waals surface area contributed by atoms with Crippen LogP contribution in [0, 0.1) is 12.7 Å². The third-order valence-electron chi connectivity index (χ3n) is 3.11. The highest BCUT2D eigenvalue weighted by Crippen LogP contribution is 2.17. The zero-order valence-electron chi connectivity index (χ0n) is 13.1. The fourth-order valence-corrected chi connectivity index (χ4v) is 1.85. The molecule has 132 valence electrons. The molecular weight excluding hydrogens is 339 g/mol. The lowest BCUT2D eigenvalue weighted by Crippen LogP contribution is -2.21. The van der Waals surface area contributed by atoms with Gasteiger partial charge in [0.1, 0.15) is 11.6 Å². The first-order chi connectivity index (χ1) is 11.8. The lowest BCUT2D eigenvalue weighted by Gasteiger charge is -2.08. The van der Waals surface area contributed by atoms with Crippen LogP contribution in [0.5, 0.6) is 5.75 Å². The molecule has 0 heterocycles. The number of nitrogens with one attached hydrogen (secondary N) is 1. The summed E-state index contributed by atoms with van der Waals surface area (Å²) in [6.07, 6.45) is 0. The average molecular weight is 353 g/mol. The number of anilines is 1. The quantitative estimate of drug-likeness (QED) is 0.807. The molecule has 0 atom stereocenters. The molecule has 0 saturated carbocycles. The van der Waals surface area contributed by atoms with Crippen LogP contribution in [-0.4, -0.2) is 25.1 Å². The Kier molecular flexibility index (Phi) is 5.99. The van der Waals surface area contributed by atoms with Crippen LogP contribution in [0.25, 0.3) is 0 Å². The lowest BCUT2D eigenvalue weighted by atomic mass is 10.1. The first-order valence-electron chi connectivity index (χ1n) is 7.13. The number of hydrogen-bond acceptors (Lipinski definition) is 4. The summed E-state index contributed by atoms with van der Waals surface area (Å²) >= 11 is 0. The van der Waals surface area contributed by atoms with Gasteiger partial charge in [0, 0.05) is 5.69 Å². The number of rotatable bonds is 6. The maximum absolute atomic E-state index is 13.4. The largest absolute Gasteiger partial charge is 0.452 e. The monoisotopic (exact) mass is 353 g/mol. The summed E-state index contributed by atoms with van der Waals surface area (Å²) < 4.78 is 46.4. The molecule has 0 radical (unpaired) electrons. The topological polar surface area (TPSA) is 64.6 Å². The van der Waals surface area contributed by atoms with Crippen molar-refractivity contribution >= 4 is 17.6 Å². The third-order valence-corrected chi connectivity index (χ3v) is 3.11. The molecule has 2 aromatic rings. The number of benzene rings is 2. The molecular formula is C17H14F3NO4. The van der Waals surface area contributed by atoms with E-state index in [2.05, 4.69) is 10.1 Å². The number of carbonyl (C=O) groups excluding carboxylic acids is 2. The predicted octanol–water partition coefficient (Wildman–Crippen LogP) is 3.53. The zero-order chi connectivity index (χ0) is 18.4. The first-order valence-corrected chi connectivity index (χ1v) is 7.13. The molecule has 0 bridgehead atoms. The van der Waals surface area contributed by atoms with Crippen molar-refractivity contribution in [1.82, 2.24) is 0 Å². The van der Waals surface area contributed by atoms with E-state index < -0.39 is 30.9 Å². The van der Waals surface area contributed by atoms with Crippen LogP contribution in [0.4, 0.5) is 18.9 Å². The highest BCUT2D eigenvalue weighted by Gasteiger charge is 2.12. The predicted molar refractivity (Wildman–Crippen MR) is 83.1 cm³/mol. The van der Waals surface area contributed by atoms with Gasteiger partial charge in [0.15, 0.2) is 6.61 Å². The molecule has 25 heavy (non-hydrogen) atoms. The molecule has 2 rings (SSSR count). The summed E-state index contributed by atoms with van der Waals surface area (Å²) in [4.78, 5) is 23.5. The molecule has 0 saturated heterocycles. The highest BCUT2D eigenvalue weighted by molar-refractivity contribution is 5.95. The fraction of sp³-hybridized carbons (Fsp3) is 0.176. The van der Waals surface area contributed by atoms with Gasteiger partial charge < -0.3 is 14.8 Å². The van der Waals surface area contributed by atoms with Gasteiger partial charge in [-0.3, -0.25) is 4.79 Å². The molecule has 0 fully saturated rings. The number of alkyl halides is 2. The Bertz CT molecular complexity index is 763. The van der Waals surface area contributed by atoms with Gasteiger partial charge in [-0.05, 0) is 48.9 Å². The zero-order valence-corrected chi connectivity index (χ0v) is 13.1. The Morgan fingerprint density at radius 3 is 2.40 bits per heavy atom. The van der Waals surface area contributed by atoms with Gasteiger partial charge in [-0.2, -0.15) is 8.78 Å². The van der Waals surface area contributed by atoms with Crippen molar-refractivity contribution in [2.24, 2.45) is 0 Å². The van der Waals surface area contributed by atoms with E-state index in [0.29, 0.717) is 11.3 Å². The second kappa shape index (κ2) is 8.18. The summed E-state index contributed by atoms with van der Waals surface area (Å²) in [7, 11) is 0. The molecule has 0 aliphatic rings. The van der Waals surface area contributed by atoms with Crippen molar-refractivity contribution in [3.05, 3.63) is 59.4 Å². The Hall–Kier alpha value is -3.03. The van der Waals surface area contributed by atoms with E-state index in [-0.39, 0.29) is 11.3 Å². The van der Waals surface area contributed by atoms with E-state index in [0.717, 1.165) is 6.07 Å². The number of esters is 1. The third kappa shape index (κ3) is 5.52. The fourth-order valence-electron chi connectivity index (χ4n) is 1.85. The second-order valence-electron chi connectivity index (χ2n) is 4.99. The number of hydrogen-bond donors (Lipinski definition) is 1. The standard InChI is InChI=1S/C17H14F3NO4/c1-10-2-3-11(8-14(10)18)16(23)24-9-15(22)21-12-4-6-13(7-5-12)25-17(19)20/h2-8,17H,9H2,1H3,(H,21,22). The van der Waals surface area contributed by atoms with Gasteiger partial charge >= 0.3 is 12.6 Å². The van der Waals surface area contributed by atoms with E-state index in [1.54, 1.807) is 6.92 Å². The van der Waals surface area contributed by atoms with E-state index in [4.69, 9.17) is 4.74 Å². The van der Waals surface area contributed by atoms with Crippen molar-refractivity contribution in [3.63, 3.8) is 0 Å². The van der Waals surface area contributed by atoms with E-state index in [9.17, 15) is 22.8 Å². The highest BCUT2D eigenvalue weighted by atomic mass is 19.3. The van der Waals surface area contributed by atoms with Crippen LogP contribution < -0.4 is 10.1 Å². The van der Waals surface area contributed by atoms with Crippen LogP contribution in [0.1, 0.15) is 15.9 Å². The normalized spacial score (nSPS) is 10.4. The summed E-state index contributed by atoms with van der Waals surface area (Å²) in [5.41, 5.74) is 0.682. The van der Waals surface area contributed by atoms with Crippen molar-refractivity contribution in [2.75, 3.05) is 11.9 Å². The van der Waals surface area contributed by atoms with Crippen LogP contribution in [0.3, 0.4) is 0 Å². The number of aryl methyl sites for hydroxylation is 1. The second-order valence-corrected chi connectivity index (χ2v) is 4.99. The van der Waals surface area contributed by atoms with Gasteiger partial charge in [-0.15, -0.1) is 0 Å². The number of halogens is 3. The van der Waals surface area contributed by atoms with Crippen LogP contribution in [-0.2, 0) is 9.53 Å². The lowest BCUT2D eigenvalue weighted by molar-refractivity contribution is -0.119. The number of amides is 1. The molecule has 5 nitrogen and oxygen atoms in total. The first kappa shape index (κ1) is 18.3. The summed E-state index contributed by atoms with van der Waals surface area (Å²) in [5.74, 6) is -2.08. The smallest absolute Gasteiger partial charge is 0.387 e. The molecule has 0 aromatic heterocycles. The Morgan fingerprint density at radius 1 is 1.12 bits per heavy atom. The summed E-state index contributed by atoms with van der Waals surface area (Å²) in [6, 6.07) is 9.05.